The minimum atomic E-state index is -0.0286. The predicted octanol–water partition coefficient (Wildman–Crippen LogP) is 12.0. The summed E-state index contributed by atoms with van der Waals surface area (Å²) in [5.74, 6) is 0. The van der Waals surface area contributed by atoms with Gasteiger partial charge in [0, 0.05) is 20.2 Å². The van der Waals surface area contributed by atoms with Crippen LogP contribution in [0.3, 0.4) is 0 Å². The number of hydrogen-bond acceptors (Lipinski definition) is 1. The van der Waals surface area contributed by atoms with Crippen molar-refractivity contribution in [1.82, 2.24) is 0 Å². The van der Waals surface area contributed by atoms with E-state index in [4.69, 9.17) is 2.74 Å². The molecule has 41 heavy (non-hydrogen) atoms. The van der Waals surface area contributed by atoms with Crippen LogP contribution in [0.2, 0.25) is 0 Å². The van der Waals surface area contributed by atoms with E-state index in [9.17, 15) is 2.74 Å². The molecule has 0 nitrogen and oxygen atoms in total. The quantitative estimate of drug-likeness (QED) is 0.151. The van der Waals surface area contributed by atoms with Crippen molar-refractivity contribution in [1.29, 1.82) is 0 Å². The molecule has 0 radical (unpaired) electrons. The summed E-state index contributed by atoms with van der Waals surface area (Å²) >= 11 is 1.69. The highest BCUT2D eigenvalue weighted by Gasteiger charge is 2.12. The van der Waals surface area contributed by atoms with Gasteiger partial charge in [0.25, 0.3) is 0 Å². The Balaban J connectivity index is 1.24. The van der Waals surface area contributed by atoms with Gasteiger partial charge in [0.05, 0.1) is 5.48 Å². The van der Waals surface area contributed by atoms with E-state index in [1.807, 2.05) is 48.5 Å². The van der Waals surface area contributed by atoms with Crippen LogP contribution in [-0.2, 0) is 0 Å². The standard InChI is InChI=1S/C40H24S/c1-2-7-28-22-36-33(20-27(28)6-1)17-16-32-21-31(18-19-34(32)36)25-12-14-26(15-13-25)35-10-5-11-38-40(35)37-23-29-8-3-4-9-30(29)24-39(37)41-38/h1-24H/i12D,13D,14D,15D. The first-order valence-electron chi connectivity index (χ1n) is 15.8. The first kappa shape index (κ1) is 19.2. The smallest absolute Gasteiger partial charge is 0.0629 e. The van der Waals surface area contributed by atoms with Gasteiger partial charge in [0.15, 0.2) is 0 Å². The highest BCUT2D eigenvalue weighted by Crippen LogP contribution is 2.42. The SMILES string of the molecule is [2H]c1c([2H])c(-c2cccc3sc4cc5ccccc5cc4c23)c([2H])c([2H])c1-c1ccc2c(ccc3cc4ccccc4cc32)c1. The van der Waals surface area contributed by atoms with Gasteiger partial charge in [-0.1, -0.05) is 109 Å². The van der Waals surface area contributed by atoms with Crippen molar-refractivity contribution < 1.29 is 5.48 Å². The molecule has 0 aliphatic carbocycles. The van der Waals surface area contributed by atoms with E-state index in [2.05, 4.69) is 72.8 Å². The minimum absolute atomic E-state index is 0.0243. The summed E-state index contributed by atoms with van der Waals surface area (Å²) < 4.78 is 38.9. The molecule has 0 aliphatic rings. The Morgan fingerprint density at radius 1 is 0.390 bits per heavy atom. The lowest BCUT2D eigenvalue weighted by molar-refractivity contribution is 1.63. The molecule has 1 heteroatoms. The maximum absolute atomic E-state index is 9.19. The van der Waals surface area contributed by atoms with Gasteiger partial charge in [0.2, 0.25) is 0 Å². The third kappa shape index (κ3) is 3.60. The van der Waals surface area contributed by atoms with Crippen LogP contribution >= 0.6 is 11.3 Å². The molecule has 190 valence electrons. The monoisotopic (exact) mass is 540 g/mol. The van der Waals surface area contributed by atoms with E-state index >= 15 is 0 Å². The normalized spacial score (nSPS) is 13.3. The summed E-state index contributed by atoms with van der Waals surface area (Å²) in [6.07, 6.45) is 0. The molecule has 9 aromatic rings. The van der Waals surface area contributed by atoms with Crippen LogP contribution in [0.5, 0.6) is 0 Å². The molecule has 0 saturated heterocycles. The van der Waals surface area contributed by atoms with E-state index in [0.29, 0.717) is 16.7 Å². The molecule has 9 rings (SSSR count). The van der Waals surface area contributed by atoms with E-state index in [1.165, 1.54) is 16.2 Å². The molecular formula is C40H24S. The maximum Gasteiger partial charge on any atom is 0.0629 e. The average molecular weight is 541 g/mol. The largest absolute Gasteiger partial charge is 0.135 e. The summed E-state index contributed by atoms with van der Waals surface area (Å²) in [7, 11) is 0. The Kier molecular flexibility index (Phi) is 4.09. The van der Waals surface area contributed by atoms with Crippen molar-refractivity contribution >= 4 is 74.6 Å². The predicted molar refractivity (Wildman–Crippen MR) is 180 cm³/mol. The molecular weight excluding hydrogens is 513 g/mol. The van der Waals surface area contributed by atoms with Crippen LogP contribution in [0, 0.1) is 0 Å². The molecule has 0 N–H and O–H groups in total. The number of hydrogen-bond donors (Lipinski definition) is 0. The lowest BCUT2D eigenvalue weighted by Gasteiger charge is -2.10. The lowest BCUT2D eigenvalue weighted by atomic mass is 9.94. The van der Waals surface area contributed by atoms with E-state index < -0.39 is 0 Å². The van der Waals surface area contributed by atoms with Crippen molar-refractivity contribution in [2.45, 2.75) is 0 Å². The second-order valence-corrected chi connectivity index (χ2v) is 11.7. The van der Waals surface area contributed by atoms with E-state index in [0.717, 1.165) is 52.7 Å². The average Bonchev–Trinajstić information content (AvgIpc) is 3.43. The van der Waals surface area contributed by atoms with Gasteiger partial charge in [-0.25, -0.2) is 0 Å². The van der Waals surface area contributed by atoms with Crippen LogP contribution < -0.4 is 0 Å². The number of rotatable bonds is 2. The molecule has 0 unspecified atom stereocenters. The van der Waals surface area contributed by atoms with E-state index in [1.54, 1.807) is 11.3 Å². The van der Waals surface area contributed by atoms with Crippen molar-refractivity contribution in [3.8, 4) is 22.3 Å². The number of fused-ring (bicyclic) bond motifs is 8. The molecule has 0 fully saturated rings. The molecule has 0 saturated carbocycles. The Morgan fingerprint density at radius 2 is 1.02 bits per heavy atom. The highest BCUT2D eigenvalue weighted by molar-refractivity contribution is 7.26. The molecule has 8 aromatic carbocycles. The van der Waals surface area contributed by atoms with Gasteiger partial charge in [0.1, 0.15) is 0 Å². The van der Waals surface area contributed by atoms with Crippen LogP contribution in [0.1, 0.15) is 5.48 Å². The van der Waals surface area contributed by atoms with Gasteiger partial charge in [-0.3, -0.25) is 0 Å². The Morgan fingerprint density at radius 3 is 1.78 bits per heavy atom. The van der Waals surface area contributed by atoms with Gasteiger partial charge >= 0.3 is 0 Å². The van der Waals surface area contributed by atoms with Gasteiger partial charge < -0.3 is 0 Å². The fraction of sp³-hybridized carbons (Fsp3) is 0. The summed E-state index contributed by atoms with van der Waals surface area (Å²) in [4.78, 5) is 0. The zero-order chi connectivity index (χ0) is 30.4. The Labute approximate surface area is 247 Å². The van der Waals surface area contributed by atoms with Crippen molar-refractivity contribution in [2.75, 3.05) is 0 Å². The minimum Gasteiger partial charge on any atom is -0.135 e. The van der Waals surface area contributed by atoms with Gasteiger partial charge in [-0.15, -0.1) is 11.3 Å². The molecule has 1 heterocycles. The highest BCUT2D eigenvalue weighted by atomic mass is 32.1. The van der Waals surface area contributed by atoms with Crippen molar-refractivity contribution in [3.05, 3.63) is 145 Å². The number of benzene rings is 8. The second kappa shape index (κ2) is 8.76. The zero-order valence-corrected chi connectivity index (χ0v) is 22.8. The van der Waals surface area contributed by atoms with Crippen molar-refractivity contribution in [2.24, 2.45) is 0 Å². The zero-order valence-electron chi connectivity index (χ0n) is 26.0. The Bertz CT molecular complexity index is 2680. The summed E-state index contributed by atoms with van der Waals surface area (Å²) in [5.41, 5.74) is 2.07. The topological polar surface area (TPSA) is 0 Å². The third-order valence-corrected chi connectivity index (χ3v) is 9.37. The summed E-state index contributed by atoms with van der Waals surface area (Å²) in [5, 5.41) is 11.1. The molecule has 0 amide bonds. The van der Waals surface area contributed by atoms with Crippen LogP contribution in [0.15, 0.2) is 145 Å². The van der Waals surface area contributed by atoms with Gasteiger partial charge in [-0.05, 0) is 102 Å². The van der Waals surface area contributed by atoms with Gasteiger partial charge in [-0.2, -0.15) is 0 Å². The first-order chi connectivity index (χ1) is 22.0. The molecule has 1 aromatic heterocycles. The van der Waals surface area contributed by atoms with Crippen LogP contribution in [-0.4, -0.2) is 0 Å². The second-order valence-electron chi connectivity index (χ2n) is 10.6. The first-order valence-corrected chi connectivity index (χ1v) is 14.6. The van der Waals surface area contributed by atoms with Crippen LogP contribution in [0.4, 0.5) is 0 Å². The van der Waals surface area contributed by atoms with E-state index in [-0.39, 0.29) is 24.2 Å². The number of thiophene rings is 1. The fourth-order valence-electron chi connectivity index (χ4n) is 6.22. The molecule has 0 atom stereocenters. The maximum atomic E-state index is 9.19. The summed E-state index contributed by atoms with van der Waals surface area (Å²) in [6, 6.07) is 41.4. The summed E-state index contributed by atoms with van der Waals surface area (Å²) in [6.45, 7) is 0. The Hall–Kier alpha value is -4.98. The van der Waals surface area contributed by atoms with Crippen LogP contribution in [0.25, 0.3) is 85.5 Å². The lowest BCUT2D eigenvalue weighted by Crippen LogP contribution is -1.84. The van der Waals surface area contributed by atoms with Crippen molar-refractivity contribution in [3.63, 3.8) is 0 Å². The molecule has 0 bridgehead atoms. The molecule has 0 spiro atoms. The fourth-order valence-corrected chi connectivity index (χ4v) is 7.38. The molecule has 0 aliphatic heterocycles. The third-order valence-electron chi connectivity index (χ3n) is 8.25.